The lowest BCUT2D eigenvalue weighted by Gasteiger charge is -2.17. The highest BCUT2D eigenvalue weighted by atomic mass is 32.1. The van der Waals surface area contributed by atoms with E-state index in [1.165, 1.54) is 6.42 Å². The summed E-state index contributed by atoms with van der Waals surface area (Å²) in [6.07, 6.45) is 5.50. The molecule has 1 aliphatic carbocycles. The zero-order valence-corrected chi connectivity index (χ0v) is 14.0. The molecule has 0 radical (unpaired) electrons. The van der Waals surface area contributed by atoms with Crippen LogP contribution in [-0.4, -0.2) is 17.3 Å². The van der Waals surface area contributed by atoms with E-state index in [0.29, 0.717) is 0 Å². The first-order valence-corrected chi connectivity index (χ1v) is 9.09. The Kier molecular flexibility index (Phi) is 3.85. The van der Waals surface area contributed by atoms with Crippen molar-refractivity contribution < 1.29 is 14.3 Å². The van der Waals surface area contributed by atoms with Crippen LogP contribution in [0.5, 0.6) is 11.5 Å². The predicted octanol–water partition coefficient (Wildman–Crippen LogP) is 3.46. The third kappa shape index (κ3) is 2.65. The lowest BCUT2D eigenvalue weighted by atomic mass is 9.89. The Hall–Kier alpha value is -1.82. The largest absolute Gasteiger partial charge is 0.454 e. The topological polar surface area (TPSA) is 52.8 Å². The second-order valence-electron chi connectivity index (χ2n) is 6.09. The average Bonchev–Trinajstić information content (AvgIpc) is 3.16. The van der Waals surface area contributed by atoms with Gasteiger partial charge in [-0.1, -0.05) is 30.6 Å². The normalized spacial score (nSPS) is 18.7. The number of aryl methyl sites for hydroxylation is 1. The third-order valence-corrected chi connectivity index (χ3v) is 5.69. The van der Waals surface area contributed by atoms with Crippen molar-refractivity contribution in [2.75, 3.05) is 6.79 Å². The van der Waals surface area contributed by atoms with Crippen LogP contribution >= 0.6 is 11.3 Å². The summed E-state index contributed by atoms with van der Waals surface area (Å²) in [4.78, 5) is 17.7. The molecule has 23 heavy (non-hydrogen) atoms. The summed E-state index contributed by atoms with van der Waals surface area (Å²) in [5.41, 5.74) is 1.05. The second kappa shape index (κ2) is 6.00. The van der Waals surface area contributed by atoms with Crippen molar-refractivity contribution in [2.45, 2.75) is 45.6 Å². The van der Waals surface area contributed by atoms with Crippen LogP contribution in [0.25, 0.3) is 10.2 Å². The van der Waals surface area contributed by atoms with Crippen LogP contribution in [-0.2, 0) is 11.3 Å². The van der Waals surface area contributed by atoms with E-state index >= 15 is 0 Å². The van der Waals surface area contributed by atoms with Gasteiger partial charge in [0.1, 0.15) is 0 Å². The van der Waals surface area contributed by atoms with E-state index in [9.17, 15) is 4.79 Å². The van der Waals surface area contributed by atoms with Gasteiger partial charge >= 0.3 is 0 Å². The Morgan fingerprint density at radius 2 is 2.00 bits per heavy atom. The van der Waals surface area contributed by atoms with E-state index in [-0.39, 0.29) is 18.6 Å². The number of hydrogen-bond acceptors (Lipinski definition) is 4. The van der Waals surface area contributed by atoms with E-state index in [1.54, 1.807) is 11.3 Å². The fourth-order valence-corrected chi connectivity index (χ4v) is 4.50. The highest BCUT2D eigenvalue weighted by Gasteiger charge is 2.22. The van der Waals surface area contributed by atoms with Gasteiger partial charge in [-0.15, -0.1) is 0 Å². The molecule has 6 heteroatoms. The number of thiazole rings is 1. The van der Waals surface area contributed by atoms with E-state index in [0.717, 1.165) is 58.7 Å². The molecule has 0 saturated heterocycles. The first kappa shape index (κ1) is 14.8. The second-order valence-corrected chi connectivity index (χ2v) is 7.10. The standard InChI is InChI=1S/C17H20N2O3S/c1-2-19-12-8-13-14(22-10-21-13)9-15(12)23-17(19)18-16(20)11-6-4-3-5-7-11/h8-9,11H,2-7,10H2,1H3. The summed E-state index contributed by atoms with van der Waals surface area (Å²) in [5, 5.41) is 0. The number of carbonyl (C=O) groups excluding carboxylic acids is 1. The maximum atomic E-state index is 12.5. The van der Waals surface area contributed by atoms with Gasteiger partial charge in [0.2, 0.25) is 6.79 Å². The zero-order chi connectivity index (χ0) is 15.8. The fourth-order valence-electron chi connectivity index (χ4n) is 3.39. The summed E-state index contributed by atoms with van der Waals surface area (Å²) >= 11 is 1.55. The lowest BCUT2D eigenvalue weighted by Crippen LogP contribution is -2.21. The molecule has 2 heterocycles. The Labute approximate surface area is 138 Å². The van der Waals surface area contributed by atoms with E-state index in [1.807, 2.05) is 12.1 Å². The first-order valence-electron chi connectivity index (χ1n) is 8.28. The van der Waals surface area contributed by atoms with Crippen LogP contribution in [0.2, 0.25) is 0 Å². The smallest absolute Gasteiger partial charge is 0.251 e. The summed E-state index contributed by atoms with van der Waals surface area (Å²) < 4.78 is 14.1. The molecule has 122 valence electrons. The third-order valence-electron chi connectivity index (χ3n) is 4.65. The van der Waals surface area contributed by atoms with Gasteiger partial charge in [-0.25, -0.2) is 0 Å². The summed E-state index contributed by atoms with van der Waals surface area (Å²) in [6.45, 7) is 3.12. The highest BCUT2D eigenvalue weighted by Crippen LogP contribution is 2.37. The molecule has 0 atom stereocenters. The molecule has 1 saturated carbocycles. The molecule has 2 aliphatic rings. The molecule has 2 aromatic rings. The highest BCUT2D eigenvalue weighted by molar-refractivity contribution is 7.16. The SMILES string of the molecule is CCn1c(=NC(=O)C2CCCCC2)sc2cc3c(cc21)OCO3. The molecule has 1 aliphatic heterocycles. The van der Waals surface area contributed by atoms with Crippen LogP contribution in [0.4, 0.5) is 0 Å². The van der Waals surface area contributed by atoms with Crippen LogP contribution in [0, 0.1) is 5.92 Å². The van der Waals surface area contributed by atoms with Crippen molar-refractivity contribution in [3.8, 4) is 11.5 Å². The van der Waals surface area contributed by atoms with Gasteiger partial charge < -0.3 is 14.0 Å². The average molecular weight is 332 g/mol. The van der Waals surface area contributed by atoms with E-state index in [4.69, 9.17) is 9.47 Å². The molecule has 1 amide bonds. The molecule has 0 bridgehead atoms. The van der Waals surface area contributed by atoms with Crippen molar-refractivity contribution in [3.63, 3.8) is 0 Å². The minimum absolute atomic E-state index is 0.0403. The van der Waals surface area contributed by atoms with Crippen molar-refractivity contribution in [2.24, 2.45) is 10.9 Å². The van der Waals surface area contributed by atoms with Crippen molar-refractivity contribution in [1.82, 2.24) is 4.57 Å². The van der Waals surface area contributed by atoms with Crippen LogP contribution < -0.4 is 14.3 Å². The number of carbonyl (C=O) groups is 1. The monoisotopic (exact) mass is 332 g/mol. The molecule has 0 N–H and O–H groups in total. The van der Waals surface area contributed by atoms with Crippen LogP contribution in [0.1, 0.15) is 39.0 Å². The lowest BCUT2D eigenvalue weighted by molar-refractivity contribution is -0.122. The van der Waals surface area contributed by atoms with Gasteiger partial charge in [0.05, 0.1) is 10.2 Å². The van der Waals surface area contributed by atoms with Crippen molar-refractivity contribution >= 4 is 27.5 Å². The maximum Gasteiger partial charge on any atom is 0.251 e. The van der Waals surface area contributed by atoms with Gasteiger partial charge in [-0.05, 0) is 19.8 Å². The number of aromatic nitrogens is 1. The Morgan fingerprint density at radius 1 is 1.26 bits per heavy atom. The zero-order valence-electron chi connectivity index (χ0n) is 13.2. The number of hydrogen-bond donors (Lipinski definition) is 0. The molecule has 1 aromatic carbocycles. The molecule has 4 rings (SSSR count). The summed E-state index contributed by atoms with van der Waals surface area (Å²) in [7, 11) is 0. The number of rotatable bonds is 2. The molecular weight excluding hydrogens is 312 g/mol. The van der Waals surface area contributed by atoms with Gasteiger partial charge in [0, 0.05) is 24.6 Å². The number of amides is 1. The first-order chi connectivity index (χ1) is 11.3. The summed E-state index contributed by atoms with van der Waals surface area (Å²) in [5.74, 6) is 1.68. The molecule has 1 aromatic heterocycles. The molecule has 5 nitrogen and oxygen atoms in total. The Bertz CT molecular complexity index is 815. The number of ether oxygens (including phenoxy) is 2. The van der Waals surface area contributed by atoms with Gasteiger partial charge in [-0.2, -0.15) is 4.99 Å². The van der Waals surface area contributed by atoms with Crippen LogP contribution in [0.3, 0.4) is 0 Å². The minimum atomic E-state index is 0.0403. The number of nitrogens with zero attached hydrogens (tertiary/aromatic N) is 2. The van der Waals surface area contributed by atoms with E-state index < -0.39 is 0 Å². The van der Waals surface area contributed by atoms with Crippen molar-refractivity contribution in [3.05, 3.63) is 16.9 Å². The van der Waals surface area contributed by atoms with Gasteiger partial charge in [-0.3, -0.25) is 4.79 Å². The van der Waals surface area contributed by atoms with E-state index in [2.05, 4.69) is 16.5 Å². The van der Waals surface area contributed by atoms with Crippen LogP contribution in [0.15, 0.2) is 17.1 Å². The molecular formula is C17H20N2O3S. The van der Waals surface area contributed by atoms with Crippen molar-refractivity contribution in [1.29, 1.82) is 0 Å². The quantitative estimate of drug-likeness (QED) is 0.846. The maximum absolute atomic E-state index is 12.5. The molecule has 0 spiro atoms. The van der Waals surface area contributed by atoms with Gasteiger partial charge in [0.15, 0.2) is 16.3 Å². The fraction of sp³-hybridized carbons (Fsp3) is 0.529. The number of benzene rings is 1. The Balaban J connectivity index is 1.77. The molecule has 0 unspecified atom stereocenters. The molecule has 1 fully saturated rings. The minimum Gasteiger partial charge on any atom is -0.454 e. The van der Waals surface area contributed by atoms with Gasteiger partial charge in [0.25, 0.3) is 5.91 Å². The number of fused-ring (bicyclic) bond motifs is 2. The summed E-state index contributed by atoms with van der Waals surface area (Å²) in [6, 6.07) is 3.97. The predicted molar refractivity (Wildman–Crippen MR) is 88.8 cm³/mol. The Morgan fingerprint density at radius 3 is 2.74 bits per heavy atom.